The van der Waals surface area contributed by atoms with Crippen LogP contribution in [0.2, 0.25) is 0 Å². The lowest BCUT2D eigenvalue weighted by Crippen LogP contribution is -2.29. The van der Waals surface area contributed by atoms with Crippen molar-refractivity contribution in [2.24, 2.45) is 5.92 Å². The Labute approximate surface area is 193 Å². The minimum atomic E-state index is -0.889. The maximum atomic E-state index is 13.2. The molecular formula is C27H27NO5. The average molecular weight is 446 g/mol. The van der Waals surface area contributed by atoms with Gasteiger partial charge < -0.3 is 14.3 Å². The van der Waals surface area contributed by atoms with Crippen LogP contribution in [0.4, 0.5) is 5.69 Å². The standard InChI is InChI=1S/C27H27NO5/c1-16(2)15-32-20-10-7-9-19(14-20)25(29)23-24(22-13-12-18(4)33-22)28(27(31)26(23)30)21-11-6-5-8-17(21)3/h5-14,16,24,29H,15H2,1-4H3/b25-23-. The van der Waals surface area contributed by atoms with E-state index in [1.54, 1.807) is 49.4 Å². The van der Waals surface area contributed by atoms with E-state index in [0.717, 1.165) is 5.56 Å². The van der Waals surface area contributed by atoms with E-state index in [0.29, 0.717) is 41.0 Å². The van der Waals surface area contributed by atoms with Crippen LogP contribution in [0.1, 0.15) is 42.5 Å². The average Bonchev–Trinajstić information content (AvgIpc) is 3.33. The number of ether oxygens (including phenoxy) is 1. The summed E-state index contributed by atoms with van der Waals surface area (Å²) < 4.78 is 11.6. The van der Waals surface area contributed by atoms with Gasteiger partial charge in [0.2, 0.25) is 0 Å². The maximum absolute atomic E-state index is 13.2. The van der Waals surface area contributed by atoms with E-state index in [4.69, 9.17) is 9.15 Å². The Hall–Kier alpha value is -3.80. The lowest BCUT2D eigenvalue weighted by molar-refractivity contribution is -0.132. The Morgan fingerprint density at radius 3 is 2.48 bits per heavy atom. The van der Waals surface area contributed by atoms with Crippen molar-refractivity contribution < 1.29 is 23.8 Å². The number of aliphatic hydroxyl groups excluding tert-OH is 1. The third-order valence-electron chi connectivity index (χ3n) is 5.54. The molecule has 170 valence electrons. The summed E-state index contributed by atoms with van der Waals surface area (Å²) in [4.78, 5) is 27.8. The second kappa shape index (κ2) is 8.98. The Kier molecular flexibility index (Phi) is 6.09. The molecule has 6 heteroatoms. The van der Waals surface area contributed by atoms with Crippen molar-refractivity contribution >= 4 is 23.1 Å². The molecule has 0 radical (unpaired) electrons. The highest BCUT2D eigenvalue weighted by Crippen LogP contribution is 2.43. The highest BCUT2D eigenvalue weighted by molar-refractivity contribution is 6.51. The van der Waals surface area contributed by atoms with Crippen molar-refractivity contribution in [3.8, 4) is 5.75 Å². The molecular weight excluding hydrogens is 418 g/mol. The van der Waals surface area contributed by atoms with E-state index in [2.05, 4.69) is 0 Å². The second-order valence-electron chi connectivity index (χ2n) is 8.64. The van der Waals surface area contributed by atoms with Gasteiger partial charge in [-0.15, -0.1) is 0 Å². The number of furan rings is 1. The van der Waals surface area contributed by atoms with Gasteiger partial charge in [0.1, 0.15) is 29.1 Å². The molecule has 1 atom stereocenters. The molecule has 4 rings (SSSR count). The maximum Gasteiger partial charge on any atom is 0.300 e. The molecule has 1 aromatic heterocycles. The molecule has 0 saturated carbocycles. The molecule has 1 aliphatic heterocycles. The minimum absolute atomic E-state index is 0.0152. The molecule has 1 unspecified atom stereocenters. The number of carbonyl (C=O) groups is 2. The normalized spacial score (nSPS) is 17.7. The molecule has 0 aliphatic carbocycles. The van der Waals surface area contributed by atoms with Gasteiger partial charge in [0.15, 0.2) is 0 Å². The van der Waals surface area contributed by atoms with Crippen LogP contribution in [0.15, 0.2) is 70.7 Å². The molecule has 1 saturated heterocycles. The Morgan fingerprint density at radius 1 is 1.06 bits per heavy atom. The van der Waals surface area contributed by atoms with Gasteiger partial charge in [-0.25, -0.2) is 0 Å². The molecule has 1 fully saturated rings. The Balaban J connectivity index is 1.86. The zero-order valence-electron chi connectivity index (χ0n) is 19.2. The number of amides is 1. The van der Waals surface area contributed by atoms with E-state index in [-0.39, 0.29) is 11.3 Å². The van der Waals surface area contributed by atoms with Crippen molar-refractivity contribution in [3.05, 3.63) is 88.9 Å². The van der Waals surface area contributed by atoms with Gasteiger partial charge in [-0.2, -0.15) is 0 Å². The van der Waals surface area contributed by atoms with Crippen LogP contribution in [0.25, 0.3) is 5.76 Å². The first-order valence-corrected chi connectivity index (χ1v) is 10.9. The van der Waals surface area contributed by atoms with Gasteiger partial charge in [-0.05, 0) is 55.7 Å². The summed E-state index contributed by atoms with van der Waals surface area (Å²) in [7, 11) is 0. The highest BCUT2D eigenvalue weighted by Gasteiger charge is 2.48. The van der Waals surface area contributed by atoms with E-state index in [9.17, 15) is 14.7 Å². The number of hydrogen-bond donors (Lipinski definition) is 1. The van der Waals surface area contributed by atoms with Gasteiger partial charge in [0.05, 0.1) is 12.2 Å². The first-order valence-electron chi connectivity index (χ1n) is 10.9. The van der Waals surface area contributed by atoms with Gasteiger partial charge in [0.25, 0.3) is 11.7 Å². The number of ketones is 1. The van der Waals surface area contributed by atoms with Crippen LogP contribution in [-0.4, -0.2) is 23.4 Å². The largest absolute Gasteiger partial charge is 0.507 e. The number of aliphatic hydroxyl groups is 1. The summed E-state index contributed by atoms with van der Waals surface area (Å²) >= 11 is 0. The van der Waals surface area contributed by atoms with E-state index < -0.39 is 17.7 Å². The number of para-hydroxylation sites is 1. The first-order chi connectivity index (χ1) is 15.8. The highest BCUT2D eigenvalue weighted by atomic mass is 16.5. The number of aryl methyl sites for hydroxylation is 2. The van der Waals surface area contributed by atoms with Crippen LogP contribution in [0.3, 0.4) is 0 Å². The summed E-state index contributed by atoms with van der Waals surface area (Å²) in [5.74, 6) is 0.224. The molecule has 1 amide bonds. The fourth-order valence-corrected chi connectivity index (χ4v) is 3.94. The quantitative estimate of drug-likeness (QED) is 0.305. The molecule has 1 N–H and O–H groups in total. The van der Waals surface area contributed by atoms with Crippen LogP contribution >= 0.6 is 0 Å². The summed E-state index contributed by atoms with van der Waals surface area (Å²) in [6.45, 7) is 8.27. The number of rotatable bonds is 6. The molecule has 6 nitrogen and oxygen atoms in total. The molecule has 0 spiro atoms. The summed E-state index contributed by atoms with van der Waals surface area (Å²) in [5, 5.41) is 11.3. The monoisotopic (exact) mass is 445 g/mol. The Morgan fingerprint density at radius 2 is 1.82 bits per heavy atom. The van der Waals surface area contributed by atoms with Crippen molar-refractivity contribution in [1.82, 2.24) is 0 Å². The third-order valence-corrected chi connectivity index (χ3v) is 5.54. The zero-order chi connectivity index (χ0) is 23.7. The van der Waals surface area contributed by atoms with E-state index in [1.807, 2.05) is 39.0 Å². The molecule has 1 aliphatic rings. The molecule has 2 aromatic carbocycles. The lowest BCUT2D eigenvalue weighted by atomic mass is 9.99. The molecule has 3 aromatic rings. The molecule has 2 heterocycles. The Bertz CT molecular complexity index is 1240. The zero-order valence-corrected chi connectivity index (χ0v) is 19.2. The van der Waals surface area contributed by atoms with Gasteiger partial charge in [-0.1, -0.05) is 44.2 Å². The number of nitrogens with zero attached hydrogens (tertiary/aromatic N) is 1. The fourth-order valence-electron chi connectivity index (χ4n) is 3.94. The topological polar surface area (TPSA) is 80.0 Å². The van der Waals surface area contributed by atoms with E-state index in [1.165, 1.54) is 4.90 Å². The predicted molar refractivity (Wildman–Crippen MR) is 126 cm³/mol. The predicted octanol–water partition coefficient (Wildman–Crippen LogP) is 5.56. The van der Waals surface area contributed by atoms with Crippen molar-refractivity contribution in [2.45, 2.75) is 33.7 Å². The summed E-state index contributed by atoms with van der Waals surface area (Å²) in [6, 6.07) is 16.8. The van der Waals surface area contributed by atoms with Crippen LogP contribution in [0.5, 0.6) is 5.75 Å². The van der Waals surface area contributed by atoms with Crippen molar-refractivity contribution in [2.75, 3.05) is 11.5 Å². The summed E-state index contributed by atoms with van der Waals surface area (Å²) in [6.07, 6.45) is 0. The minimum Gasteiger partial charge on any atom is -0.507 e. The first kappa shape index (κ1) is 22.4. The second-order valence-corrected chi connectivity index (χ2v) is 8.64. The fraction of sp³-hybridized carbons (Fsp3) is 0.259. The molecule has 0 bridgehead atoms. The van der Waals surface area contributed by atoms with Crippen LogP contribution in [0, 0.1) is 19.8 Å². The lowest BCUT2D eigenvalue weighted by Gasteiger charge is -2.25. The van der Waals surface area contributed by atoms with Crippen LogP contribution in [-0.2, 0) is 9.59 Å². The smallest absolute Gasteiger partial charge is 0.300 e. The van der Waals surface area contributed by atoms with E-state index >= 15 is 0 Å². The van der Waals surface area contributed by atoms with Crippen molar-refractivity contribution in [1.29, 1.82) is 0 Å². The van der Waals surface area contributed by atoms with Gasteiger partial charge >= 0.3 is 0 Å². The van der Waals surface area contributed by atoms with Crippen LogP contribution < -0.4 is 9.64 Å². The summed E-state index contributed by atoms with van der Waals surface area (Å²) in [5.41, 5.74) is 1.80. The number of benzene rings is 2. The van der Waals surface area contributed by atoms with Gasteiger partial charge in [0, 0.05) is 11.3 Å². The molecule has 33 heavy (non-hydrogen) atoms. The SMILES string of the molecule is Cc1ccc(C2/C(=C(/O)c3cccc(OCC(C)C)c3)C(=O)C(=O)N2c2ccccc2C)o1. The van der Waals surface area contributed by atoms with Gasteiger partial charge in [-0.3, -0.25) is 14.5 Å². The third kappa shape index (κ3) is 4.29. The number of anilines is 1. The number of hydrogen-bond acceptors (Lipinski definition) is 5. The number of Topliss-reactive ketones (excluding diaryl/α,β-unsaturated/α-hetero) is 1. The number of carbonyl (C=O) groups excluding carboxylic acids is 2. The van der Waals surface area contributed by atoms with Crippen molar-refractivity contribution in [3.63, 3.8) is 0 Å².